The molecule has 1 aliphatic heterocycles. The van der Waals surface area contributed by atoms with E-state index in [0.29, 0.717) is 40.0 Å². The maximum atomic E-state index is 13.8. The molecule has 1 unspecified atom stereocenters. The summed E-state index contributed by atoms with van der Waals surface area (Å²) in [6, 6.07) is 15.8. The van der Waals surface area contributed by atoms with Crippen LogP contribution in [-0.2, 0) is 0 Å². The molecule has 134 valence electrons. The molecule has 0 saturated carbocycles. The Hall–Kier alpha value is -3.59. The Bertz CT molecular complexity index is 1110. The van der Waals surface area contributed by atoms with E-state index in [1.807, 2.05) is 23.6 Å². The maximum absolute atomic E-state index is 13.8. The highest BCUT2D eigenvalue weighted by Gasteiger charge is 2.35. The van der Waals surface area contributed by atoms with Gasteiger partial charge in [0, 0.05) is 5.69 Å². The van der Waals surface area contributed by atoms with Crippen LogP contribution in [0.1, 0.15) is 29.9 Å². The molecule has 0 amide bonds. The number of halogens is 1. The van der Waals surface area contributed by atoms with E-state index in [9.17, 15) is 9.65 Å². The minimum atomic E-state index is -0.483. The number of nitrogens with zero attached hydrogens (tertiary/aromatic N) is 3. The number of nitriles is 1. The minimum absolute atomic E-state index is 0.356. The first kappa shape index (κ1) is 16.9. The lowest BCUT2D eigenvalue weighted by Crippen LogP contribution is -2.16. The van der Waals surface area contributed by atoms with Crippen molar-refractivity contribution >= 4 is 5.69 Å². The van der Waals surface area contributed by atoms with E-state index < -0.39 is 5.92 Å². The molecule has 0 aliphatic carbocycles. The summed E-state index contributed by atoms with van der Waals surface area (Å²) < 4.78 is 21.7. The number of rotatable bonds is 2. The second kappa shape index (κ2) is 6.29. The fourth-order valence-electron chi connectivity index (χ4n) is 3.44. The summed E-state index contributed by atoms with van der Waals surface area (Å²) in [6.45, 7) is 3.60. The lowest BCUT2D eigenvalue weighted by molar-refractivity contribution is 0.377. The third-order valence-electron chi connectivity index (χ3n) is 4.67. The van der Waals surface area contributed by atoms with Crippen LogP contribution in [0.4, 0.5) is 10.1 Å². The number of anilines is 1. The Kier molecular flexibility index (Phi) is 3.93. The summed E-state index contributed by atoms with van der Waals surface area (Å²) >= 11 is 0. The first-order chi connectivity index (χ1) is 13.0. The molecule has 0 fully saturated rings. The number of hydrogen-bond donors (Lipinski definition) is 1. The van der Waals surface area contributed by atoms with E-state index in [1.165, 1.54) is 12.1 Å². The van der Waals surface area contributed by atoms with Gasteiger partial charge in [0.05, 0.1) is 23.2 Å². The van der Waals surface area contributed by atoms with Crippen LogP contribution in [-0.4, -0.2) is 9.55 Å². The molecule has 0 saturated heterocycles. The van der Waals surface area contributed by atoms with Gasteiger partial charge in [0.2, 0.25) is 5.88 Å². The molecule has 4 rings (SSSR count). The van der Waals surface area contributed by atoms with Crippen molar-refractivity contribution in [1.82, 2.24) is 9.55 Å². The van der Waals surface area contributed by atoms with Gasteiger partial charge in [-0.25, -0.2) is 9.37 Å². The Morgan fingerprint density at radius 3 is 2.59 bits per heavy atom. The summed E-state index contributed by atoms with van der Waals surface area (Å²) in [5, 5.41) is 9.68. The molecule has 1 atom stereocenters. The monoisotopic (exact) mass is 360 g/mol. The average Bonchev–Trinajstić information content (AvgIpc) is 2.96. The number of fused-ring (bicyclic) bond motifs is 1. The number of benzene rings is 2. The van der Waals surface area contributed by atoms with Crippen LogP contribution in [0.5, 0.6) is 5.88 Å². The molecule has 2 heterocycles. The van der Waals surface area contributed by atoms with Crippen molar-refractivity contribution in [2.24, 2.45) is 0 Å². The molecular weight excluding hydrogens is 343 g/mol. The molecule has 0 spiro atoms. The number of nitrogen functional groups attached to an aromatic ring is 1. The largest absolute Gasteiger partial charge is 0.442 e. The topological polar surface area (TPSA) is 76.9 Å². The Labute approximate surface area is 156 Å². The quantitative estimate of drug-likeness (QED) is 0.694. The summed E-state index contributed by atoms with van der Waals surface area (Å²) in [7, 11) is 0. The van der Waals surface area contributed by atoms with Crippen LogP contribution < -0.4 is 10.5 Å². The summed E-state index contributed by atoms with van der Waals surface area (Å²) in [5.74, 6) is 0.880. The standard InChI is InChI=1S/C21H17FN4O/c1-12-18(11-23)19(14-4-3-5-15(22)10-14)20-21(27-12)26(13(2)25-20)17-8-6-16(24)7-9-17/h3-10,19H,24H2,1-2H3. The van der Waals surface area contributed by atoms with Crippen molar-refractivity contribution in [3.8, 4) is 17.6 Å². The van der Waals surface area contributed by atoms with Gasteiger partial charge in [-0.3, -0.25) is 4.57 Å². The van der Waals surface area contributed by atoms with Crippen LogP contribution in [0, 0.1) is 24.1 Å². The van der Waals surface area contributed by atoms with Crippen LogP contribution >= 0.6 is 0 Å². The highest BCUT2D eigenvalue weighted by atomic mass is 19.1. The van der Waals surface area contributed by atoms with Gasteiger partial charge >= 0.3 is 0 Å². The van der Waals surface area contributed by atoms with Crippen molar-refractivity contribution in [3.63, 3.8) is 0 Å². The van der Waals surface area contributed by atoms with Crippen molar-refractivity contribution < 1.29 is 9.13 Å². The van der Waals surface area contributed by atoms with Crippen molar-refractivity contribution in [1.29, 1.82) is 5.26 Å². The molecule has 27 heavy (non-hydrogen) atoms. The van der Waals surface area contributed by atoms with Gasteiger partial charge < -0.3 is 10.5 Å². The Morgan fingerprint density at radius 1 is 1.19 bits per heavy atom. The zero-order valence-electron chi connectivity index (χ0n) is 14.9. The van der Waals surface area contributed by atoms with E-state index in [1.54, 1.807) is 31.2 Å². The fraction of sp³-hybridized carbons (Fsp3) is 0.143. The number of nitrogens with two attached hydrogens (primary N) is 1. The zero-order valence-corrected chi connectivity index (χ0v) is 14.9. The van der Waals surface area contributed by atoms with E-state index in [2.05, 4.69) is 11.1 Å². The predicted molar refractivity (Wildman–Crippen MR) is 99.9 cm³/mol. The lowest BCUT2D eigenvalue weighted by Gasteiger charge is -2.24. The number of hydrogen-bond acceptors (Lipinski definition) is 4. The van der Waals surface area contributed by atoms with E-state index in [4.69, 9.17) is 10.5 Å². The molecular formula is C21H17FN4O. The first-order valence-corrected chi connectivity index (χ1v) is 8.49. The highest BCUT2D eigenvalue weighted by Crippen LogP contribution is 2.44. The van der Waals surface area contributed by atoms with Crippen LogP contribution in [0.3, 0.4) is 0 Å². The third-order valence-corrected chi connectivity index (χ3v) is 4.67. The van der Waals surface area contributed by atoms with E-state index in [0.717, 1.165) is 5.69 Å². The molecule has 3 aromatic rings. The second-order valence-corrected chi connectivity index (χ2v) is 6.45. The number of imidazole rings is 1. The maximum Gasteiger partial charge on any atom is 0.228 e. The van der Waals surface area contributed by atoms with E-state index in [-0.39, 0.29) is 5.82 Å². The molecule has 5 nitrogen and oxygen atoms in total. The van der Waals surface area contributed by atoms with Gasteiger partial charge in [-0.1, -0.05) is 12.1 Å². The Balaban J connectivity index is 1.95. The smallest absolute Gasteiger partial charge is 0.228 e. The summed E-state index contributed by atoms with van der Waals surface area (Å²) in [5.41, 5.74) is 8.98. The average molecular weight is 360 g/mol. The molecule has 0 bridgehead atoms. The third kappa shape index (κ3) is 2.74. The summed E-state index contributed by atoms with van der Waals surface area (Å²) in [6.07, 6.45) is 0. The fourth-order valence-corrected chi connectivity index (χ4v) is 3.44. The molecule has 2 N–H and O–H groups in total. The molecule has 1 aliphatic rings. The van der Waals surface area contributed by atoms with Gasteiger partial charge in [0.15, 0.2) is 0 Å². The lowest BCUT2D eigenvalue weighted by atomic mass is 9.87. The molecule has 0 radical (unpaired) electrons. The van der Waals surface area contributed by atoms with Crippen molar-refractivity contribution in [2.45, 2.75) is 19.8 Å². The van der Waals surface area contributed by atoms with Gasteiger partial charge in [0.25, 0.3) is 0 Å². The number of aryl methyl sites for hydroxylation is 1. The highest BCUT2D eigenvalue weighted by molar-refractivity contribution is 5.55. The van der Waals surface area contributed by atoms with Gasteiger partial charge in [-0.05, 0) is 55.8 Å². The first-order valence-electron chi connectivity index (χ1n) is 8.49. The van der Waals surface area contributed by atoms with Gasteiger partial charge in [-0.2, -0.15) is 5.26 Å². The van der Waals surface area contributed by atoms with Crippen LogP contribution in [0.2, 0.25) is 0 Å². The van der Waals surface area contributed by atoms with Crippen molar-refractivity contribution in [3.05, 3.63) is 82.8 Å². The number of allylic oxidation sites excluding steroid dienone is 2. The molecule has 2 aromatic carbocycles. The SMILES string of the molecule is CC1=C(C#N)C(c2cccc(F)c2)c2nc(C)n(-c3ccc(N)cc3)c2O1. The van der Waals surface area contributed by atoms with Crippen LogP contribution in [0.25, 0.3) is 5.69 Å². The van der Waals surface area contributed by atoms with Gasteiger partial charge in [-0.15, -0.1) is 0 Å². The normalized spacial score (nSPS) is 15.9. The van der Waals surface area contributed by atoms with Crippen LogP contribution in [0.15, 0.2) is 59.9 Å². The van der Waals surface area contributed by atoms with E-state index >= 15 is 0 Å². The minimum Gasteiger partial charge on any atom is -0.442 e. The van der Waals surface area contributed by atoms with Crippen molar-refractivity contribution in [2.75, 3.05) is 5.73 Å². The second-order valence-electron chi connectivity index (χ2n) is 6.45. The number of aromatic nitrogens is 2. The molecule has 1 aromatic heterocycles. The molecule has 6 heteroatoms. The number of ether oxygens (including phenoxy) is 1. The Morgan fingerprint density at radius 2 is 1.93 bits per heavy atom. The van der Waals surface area contributed by atoms with Gasteiger partial charge in [0.1, 0.15) is 23.1 Å². The zero-order chi connectivity index (χ0) is 19.1. The summed E-state index contributed by atoms with van der Waals surface area (Å²) in [4.78, 5) is 4.67. The predicted octanol–water partition coefficient (Wildman–Crippen LogP) is 4.22.